The number of hydrogen-bond acceptors (Lipinski definition) is 5. The number of carbonyl (C=O) groups excluding carboxylic acids is 2. The van der Waals surface area contributed by atoms with Crippen molar-refractivity contribution in [2.24, 2.45) is 5.73 Å². The van der Waals surface area contributed by atoms with Gasteiger partial charge in [-0.25, -0.2) is 10.3 Å². The minimum atomic E-state index is -0.653. The fraction of sp³-hybridized carbons (Fsp3) is 0.467. The van der Waals surface area contributed by atoms with Crippen molar-refractivity contribution in [3.8, 4) is 0 Å². The fourth-order valence-corrected chi connectivity index (χ4v) is 1.47. The second-order valence-electron chi connectivity index (χ2n) is 5.69. The monoisotopic (exact) mass is 309 g/mol. The van der Waals surface area contributed by atoms with Gasteiger partial charge in [-0.3, -0.25) is 9.63 Å². The van der Waals surface area contributed by atoms with E-state index in [0.717, 1.165) is 11.1 Å². The molecule has 1 rings (SSSR count). The van der Waals surface area contributed by atoms with E-state index in [1.54, 1.807) is 20.8 Å². The first-order valence-corrected chi connectivity index (χ1v) is 6.95. The summed E-state index contributed by atoms with van der Waals surface area (Å²) in [7, 11) is 0. The van der Waals surface area contributed by atoms with Crippen molar-refractivity contribution in [1.29, 1.82) is 0 Å². The summed E-state index contributed by atoms with van der Waals surface area (Å²) in [4.78, 5) is 27.9. The SMILES string of the molecule is CC(C)(C)OC(=O)NCC(=O)NOCc1ccc(CN)cc1. The van der Waals surface area contributed by atoms with Gasteiger partial charge in [-0.05, 0) is 31.9 Å². The van der Waals surface area contributed by atoms with Crippen LogP contribution in [0, 0.1) is 0 Å². The van der Waals surface area contributed by atoms with Crippen molar-refractivity contribution in [3.05, 3.63) is 35.4 Å². The van der Waals surface area contributed by atoms with E-state index in [1.165, 1.54) is 0 Å². The molecule has 0 atom stereocenters. The number of benzene rings is 1. The van der Waals surface area contributed by atoms with Crippen LogP contribution in [-0.2, 0) is 27.5 Å². The lowest BCUT2D eigenvalue weighted by molar-refractivity contribution is -0.133. The van der Waals surface area contributed by atoms with Gasteiger partial charge in [0.15, 0.2) is 0 Å². The van der Waals surface area contributed by atoms with Crippen LogP contribution in [0.5, 0.6) is 0 Å². The van der Waals surface area contributed by atoms with Crippen molar-refractivity contribution < 1.29 is 19.2 Å². The highest BCUT2D eigenvalue weighted by Gasteiger charge is 2.16. The second kappa shape index (κ2) is 8.35. The largest absolute Gasteiger partial charge is 0.444 e. The Labute approximate surface area is 130 Å². The van der Waals surface area contributed by atoms with Gasteiger partial charge in [-0.2, -0.15) is 0 Å². The van der Waals surface area contributed by atoms with Crippen LogP contribution in [0.2, 0.25) is 0 Å². The van der Waals surface area contributed by atoms with E-state index < -0.39 is 17.6 Å². The van der Waals surface area contributed by atoms with Crippen molar-refractivity contribution in [2.45, 2.75) is 39.5 Å². The first kappa shape index (κ1) is 17.9. The quantitative estimate of drug-likeness (QED) is 0.686. The van der Waals surface area contributed by atoms with Crippen LogP contribution in [0.3, 0.4) is 0 Å². The van der Waals surface area contributed by atoms with Gasteiger partial charge in [0.25, 0.3) is 5.91 Å². The van der Waals surface area contributed by atoms with Crippen LogP contribution < -0.4 is 16.5 Å². The first-order chi connectivity index (χ1) is 10.3. The highest BCUT2D eigenvalue weighted by Crippen LogP contribution is 2.06. The smallest absolute Gasteiger partial charge is 0.408 e. The number of nitrogens with one attached hydrogen (secondary N) is 2. The topological polar surface area (TPSA) is 103 Å². The number of carbonyl (C=O) groups is 2. The molecular weight excluding hydrogens is 286 g/mol. The van der Waals surface area contributed by atoms with Crippen LogP contribution in [0.1, 0.15) is 31.9 Å². The van der Waals surface area contributed by atoms with Crippen LogP contribution in [-0.4, -0.2) is 24.1 Å². The molecule has 7 heteroatoms. The van der Waals surface area contributed by atoms with Crippen LogP contribution >= 0.6 is 0 Å². The molecular formula is C15H23N3O4. The minimum absolute atomic E-state index is 0.221. The third-order valence-corrected chi connectivity index (χ3v) is 2.48. The number of rotatable bonds is 6. The van der Waals surface area contributed by atoms with Gasteiger partial charge >= 0.3 is 6.09 Å². The maximum atomic E-state index is 11.5. The van der Waals surface area contributed by atoms with E-state index in [9.17, 15) is 9.59 Å². The molecule has 0 saturated heterocycles. The maximum absolute atomic E-state index is 11.5. The summed E-state index contributed by atoms with van der Waals surface area (Å²) in [6, 6.07) is 7.52. The molecule has 0 aliphatic rings. The van der Waals surface area contributed by atoms with E-state index in [2.05, 4.69) is 10.8 Å². The predicted octanol–water partition coefficient (Wildman–Crippen LogP) is 1.22. The van der Waals surface area contributed by atoms with Crippen LogP contribution in [0.25, 0.3) is 0 Å². The zero-order valence-electron chi connectivity index (χ0n) is 13.1. The molecule has 122 valence electrons. The Morgan fingerprint density at radius 1 is 1.14 bits per heavy atom. The van der Waals surface area contributed by atoms with Gasteiger partial charge in [0.05, 0.1) is 6.61 Å². The maximum Gasteiger partial charge on any atom is 0.408 e. The molecule has 0 radical (unpaired) electrons. The summed E-state index contributed by atoms with van der Waals surface area (Å²) in [6.07, 6.45) is -0.653. The number of amides is 2. The van der Waals surface area contributed by atoms with E-state index in [1.807, 2.05) is 24.3 Å². The lowest BCUT2D eigenvalue weighted by atomic mass is 10.1. The molecule has 1 aromatic carbocycles. The predicted molar refractivity (Wildman–Crippen MR) is 81.5 cm³/mol. The fourth-order valence-electron chi connectivity index (χ4n) is 1.47. The summed E-state index contributed by atoms with van der Waals surface area (Å²) >= 11 is 0. The van der Waals surface area contributed by atoms with Crippen molar-refractivity contribution in [1.82, 2.24) is 10.8 Å². The summed E-state index contributed by atoms with van der Waals surface area (Å²) < 4.78 is 5.00. The van der Waals surface area contributed by atoms with Gasteiger partial charge in [-0.15, -0.1) is 0 Å². The summed E-state index contributed by atoms with van der Waals surface area (Å²) in [5.74, 6) is -0.468. The Morgan fingerprint density at radius 3 is 2.27 bits per heavy atom. The van der Waals surface area contributed by atoms with Crippen molar-refractivity contribution >= 4 is 12.0 Å². The van der Waals surface area contributed by atoms with Crippen molar-refractivity contribution in [2.75, 3.05) is 6.54 Å². The van der Waals surface area contributed by atoms with Gasteiger partial charge in [0.1, 0.15) is 12.1 Å². The molecule has 1 aromatic rings. The van der Waals surface area contributed by atoms with Gasteiger partial charge in [0.2, 0.25) is 0 Å². The molecule has 0 bridgehead atoms. The number of nitrogens with two attached hydrogens (primary N) is 1. The third kappa shape index (κ3) is 7.61. The van der Waals surface area contributed by atoms with Gasteiger partial charge < -0.3 is 15.8 Å². The molecule has 0 heterocycles. The molecule has 0 unspecified atom stereocenters. The number of alkyl carbamates (subject to hydrolysis) is 1. The molecule has 0 aliphatic carbocycles. The van der Waals surface area contributed by atoms with E-state index >= 15 is 0 Å². The van der Waals surface area contributed by atoms with Crippen LogP contribution in [0.4, 0.5) is 4.79 Å². The van der Waals surface area contributed by atoms with E-state index in [-0.39, 0.29) is 13.2 Å². The Kier molecular flexibility index (Phi) is 6.81. The molecule has 7 nitrogen and oxygen atoms in total. The average Bonchev–Trinajstić information content (AvgIpc) is 2.44. The molecule has 22 heavy (non-hydrogen) atoms. The Morgan fingerprint density at radius 2 is 1.73 bits per heavy atom. The Hall–Kier alpha value is -2.12. The summed E-state index contributed by atoms with van der Waals surface area (Å²) in [5, 5.41) is 2.34. The molecule has 0 saturated carbocycles. The molecule has 2 amide bonds. The summed E-state index contributed by atoms with van der Waals surface area (Å²) in [6.45, 7) is 5.71. The Bertz CT molecular complexity index is 495. The Balaban J connectivity index is 2.21. The molecule has 4 N–H and O–H groups in total. The van der Waals surface area contributed by atoms with Crippen molar-refractivity contribution in [3.63, 3.8) is 0 Å². The number of ether oxygens (including phenoxy) is 1. The van der Waals surface area contributed by atoms with Gasteiger partial charge in [0, 0.05) is 6.54 Å². The second-order valence-corrected chi connectivity index (χ2v) is 5.69. The first-order valence-electron chi connectivity index (χ1n) is 6.95. The average molecular weight is 309 g/mol. The standard InChI is InChI=1S/C15H23N3O4/c1-15(2,3)22-14(20)17-9-13(19)18-21-10-12-6-4-11(8-16)5-7-12/h4-7H,8-10,16H2,1-3H3,(H,17,20)(H,18,19). The number of hydroxylamine groups is 1. The third-order valence-electron chi connectivity index (χ3n) is 2.48. The molecule has 0 spiro atoms. The van der Waals surface area contributed by atoms with E-state index in [0.29, 0.717) is 6.54 Å². The zero-order chi connectivity index (χ0) is 16.6. The molecule has 0 fully saturated rings. The molecule has 0 aliphatic heterocycles. The zero-order valence-corrected chi connectivity index (χ0v) is 13.1. The molecule has 0 aromatic heterocycles. The number of hydrogen-bond donors (Lipinski definition) is 3. The highest BCUT2D eigenvalue weighted by molar-refractivity contribution is 5.81. The lowest BCUT2D eigenvalue weighted by Gasteiger charge is -2.19. The minimum Gasteiger partial charge on any atom is -0.444 e. The normalized spacial score (nSPS) is 10.9. The lowest BCUT2D eigenvalue weighted by Crippen LogP contribution is -2.39. The highest BCUT2D eigenvalue weighted by atomic mass is 16.7. The van der Waals surface area contributed by atoms with Gasteiger partial charge in [-0.1, -0.05) is 24.3 Å². The van der Waals surface area contributed by atoms with Crippen LogP contribution in [0.15, 0.2) is 24.3 Å². The summed E-state index contributed by atoms with van der Waals surface area (Å²) in [5.41, 5.74) is 9.07. The van der Waals surface area contributed by atoms with E-state index in [4.69, 9.17) is 15.3 Å².